The van der Waals surface area contributed by atoms with Gasteiger partial charge in [0.15, 0.2) is 0 Å². The van der Waals surface area contributed by atoms with E-state index in [0.29, 0.717) is 0 Å². The summed E-state index contributed by atoms with van der Waals surface area (Å²) < 4.78 is 0. The zero-order chi connectivity index (χ0) is 9.30. The maximum absolute atomic E-state index is 2.45. The van der Waals surface area contributed by atoms with Gasteiger partial charge in [0, 0.05) is 0 Å². The second-order valence-corrected chi connectivity index (χ2v) is 4.98. The predicted octanol–water partition coefficient (Wildman–Crippen LogP) is 3.96. The van der Waals surface area contributed by atoms with Crippen molar-refractivity contribution in [2.24, 2.45) is 29.6 Å². The van der Waals surface area contributed by atoms with E-state index in [-0.39, 0.29) is 0 Å². The van der Waals surface area contributed by atoms with E-state index < -0.39 is 0 Å². The van der Waals surface area contributed by atoms with E-state index in [4.69, 9.17) is 0 Å². The Morgan fingerprint density at radius 2 is 1.75 bits per heavy atom. The topological polar surface area (TPSA) is 0 Å². The van der Waals surface area contributed by atoms with Crippen molar-refractivity contribution in [2.45, 2.75) is 47.5 Å². The fourth-order valence-corrected chi connectivity index (χ4v) is 2.36. The number of hydrogen-bond donors (Lipinski definition) is 0. The molecule has 0 amide bonds. The van der Waals surface area contributed by atoms with Gasteiger partial charge in [-0.25, -0.2) is 0 Å². The Bertz CT molecular complexity index is 131. The maximum atomic E-state index is 2.45. The summed E-state index contributed by atoms with van der Waals surface area (Å²) in [4.78, 5) is 0. The molecule has 0 radical (unpaired) electrons. The second kappa shape index (κ2) is 3.81. The third kappa shape index (κ3) is 2.02. The average Bonchev–Trinajstić information content (AvgIpc) is 2.78. The van der Waals surface area contributed by atoms with Gasteiger partial charge >= 0.3 is 0 Å². The van der Waals surface area contributed by atoms with Crippen molar-refractivity contribution in [3.05, 3.63) is 0 Å². The second-order valence-electron chi connectivity index (χ2n) is 4.98. The first-order valence-corrected chi connectivity index (χ1v) is 5.57. The largest absolute Gasteiger partial charge is 0.0651 e. The van der Waals surface area contributed by atoms with Crippen LogP contribution in [-0.4, -0.2) is 0 Å². The minimum Gasteiger partial charge on any atom is -0.0651 e. The van der Waals surface area contributed by atoms with E-state index in [1.807, 2.05) is 0 Å². The van der Waals surface area contributed by atoms with Gasteiger partial charge in [-0.05, 0) is 36.0 Å². The molecule has 0 aromatic carbocycles. The van der Waals surface area contributed by atoms with Gasteiger partial charge in [-0.1, -0.05) is 41.0 Å². The molecule has 0 saturated heterocycles. The highest BCUT2D eigenvalue weighted by Crippen LogP contribution is 2.47. The highest BCUT2D eigenvalue weighted by atomic mass is 14.4. The molecule has 1 aliphatic carbocycles. The molecule has 0 bridgehead atoms. The average molecular weight is 168 g/mol. The third-order valence-corrected chi connectivity index (χ3v) is 4.22. The van der Waals surface area contributed by atoms with Crippen LogP contribution in [0.15, 0.2) is 0 Å². The van der Waals surface area contributed by atoms with Gasteiger partial charge in [0.25, 0.3) is 0 Å². The van der Waals surface area contributed by atoms with E-state index in [2.05, 4.69) is 34.6 Å². The smallest absolute Gasteiger partial charge is 0.0357 e. The molecule has 0 aromatic heterocycles. The van der Waals surface area contributed by atoms with Gasteiger partial charge in [-0.15, -0.1) is 0 Å². The Balaban J connectivity index is 2.35. The molecule has 1 rings (SSSR count). The summed E-state index contributed by atoms with van der Waals surface area (Å²) in [6.45, 7) is 12.0. The van der Waals surface area contributed by atoms with Crippen molar-refractivity contribution in [2.75, 3.05) is 0 Å². The molecule has 0 aromatic rings. The van der Waals surface area contributed by atoms with Crippen LogP contribution in [0.5, 0.6) is 0 Å². The van der Waals surface area contributed by atoms with Crippen LogP contribution in [0.4, 0.5) is 0 Å². The zero-order valence-electron chi connectivity index (χ0n) is 9.30. The molecule has 0 nitrogen and oxygen atoms in total. The molecule has 0 spiro atoms. The fraction of sp³-hybridized carbons (Fsp3) is 1.00. The minimum absolute atomic E-state index is 0.910. The minimum atomic E-state index is 0.910. The summed E-state index contributed by atoms with van der Waals surface area (Å²) in [5.41, 5.74) is 0. The molecule has 1 aliphatic rings. The van der Waals surface area contributed by atoms with Crippen LogP contribution in [0, 0.1) is 29.6 Å². The maximum Gasteiger partial charge on any atom is -0.0357 e. The monoisotopic (exact) mass is 168 g/mol. The molecule has 1 saturated carbocycles. The van der Waals surface area contributed by atoms with Gasteiger partial charge in [-0.2, -0.15) is 0 Å². The van der Waals surface area contributed by atoms with Gasteiger partial charge in [0.1, 0.15) is 0 Å². The number of rotatable bonds is 4. The van der Waals surface area contributed by atoms with Crippen LogP contribution < -0.4 is 0 Å². The van der Waals surface area contributed by atoms with Crippen LogP contribution in [0.2, 0.25) is 0 Å². The molecule has 0 aliphatic heterocycles. The summed E-state index contributed by atoms with van der Waals surface area (Å²) in [7, 11) is 0. The highest BCUT2D eigenvalue weighted by Gasteiger charge is 2.39. The summed E-state index contributed by atoms with van der Waals surface area (Å²) in [6, 6.07) is 0. The van der Waals surface area contributed by atoms with Crippen LogP contribution in [0.25, 0.3) is 0 Å². The standard InChI is InChI=1S/C12H24/c1-6-8(2)10(4)11(5)12-7-9(12)3/h8-12H,6-7H2,1-5H3. The van der Waals surface area contributed by atoms with Gasteiger partial charge < -0.3 is 0 Å². The van der Waals surface area contributed by atoms with Crippen molar-refractivity contribution in [3.63, 3.8) is 0 Å². The first-order valence-electron chi connectivity index (χ1n) is 5.57. The highest BCUT2D eigenvalue weighted by molar-refractivity contribution is 4.89. The van der Waals surface area contributed by atoms with Crippen molar-refractivity contribution in [3.8, 4) is 0 Å². The van der Waals surface area contributed by atoms with Gasteiger partial charge in [-0.3, -0.25) is 0 Å². The van der Waals surface area contributed by atoms with Crippen molar-refractivity contribution in [1.82, 2.24) is 0 Å². The summed E-state index contributed by atoms with van der Waals surface area (Å²) in [6.07, 6.45) is 2.83. The Hall–Kier alpha value is 0. The fourth-order valence-electron chi connectivity index (χ4n) is 2.36. The van der Waals surface area contributed by atoms with Crippen molar-refractivity contribution >= 4 is 0 Å². The lowest BCUT2D eigenvalue weighted by atomic mass is 9.80. The summed E-state index contributed by atoms with van der Waals surface area (Å²) in [5, 5.41) is 0. The SMILES string of the molecule is CCC(C)C(C)C(C)C1CC1C. The Morgan fingerprint density at radius 1 is 1.25 bits per heavy atom. The molecule has 5 unspecified atom stereocenters. The summed E-state index contributed by atoms with van der Waals surface area (Å²) >= 11 is 0. The molecule has 0 N–H and O–H groups in total. The lowest BCUT2D eigenvalue weighted by molar-refractivity contribution is 0.242. The molecule has 1 fully saturated rings. The molecular formula is C12H24. The van der Waals surface area contributed by atoms with Gasteiger partial charge in [0.05, 0.1) is 0 Å². The molecule has 72 valence electrons. The summed E-state index contributed by atoms with van der Waals surface area (Å²) in [5.74, 6) is 4.85. The quantitative estimate of drug-likeness (QED) is 0.596. The van der Waals surface area contributed by atoms with Crippen molar-refractivity contribution < 1.29 is 0 Å². The zero-order valence-corrected chi connectivity index (χ0v) is 9.30. The molecular weight excluding hydrogens is 144 g/mol. The Kier molecular flexibility index (Phi) is 3.20. The first-order chi connectivity index (χ1) is 5.57. The lowest BCUT2D eigenvalue weighted by Gasteiger charge is -2.25. The normalized spacial score (nSPS) is 35.8. The van der Waals surface area contributed by atoms with Crippen LogP contribution >= 0.6 is 0 Å². The molecule has 12 heavy (non-hydrogen) atoms. The number of hydrogen-bond acceptors (Lipinski definition) is 0. The van der Waals surface area contributed by atoms with E-state index in [1.165, 1.54) is 12.8 Å². The Morgan fingerprint density at radius 3 is 2.08 bits per heavy atom. The predicted molar refractivity (Wildman–Crippen MR) is 55.1 cm³/mol. The van der Waals surface area contributed by atoms with Gasteiger partial charge in [0.2, 0.25) is 0 Å². The molecule has 0 heteroatoms. The molecule has 5 atom stereocenters. The third-order valence-electron chi connectivity index (χ3n) is 4.22. The van der Waals surface area contributed by atoms with Crippen molar-refractivity contribution in [1.29, 1.82) is 0 Å². The van der Waals surface area contributed by atoms with Crippen LogP contribution in [0.1, 0.15) is 47.5 Å². The molecule has 0 heterocycles. The van der Waals surface area contributed by atoms with E-state index in [0.717, 1.165) is 29.6 Å². The van der Waals surface area contributed by atoms with Crippen LogP contribution in [0.3, 0.4) is 0 Å². The first kappa shape index (κ1) is 10.1. The van der Waals surface area contributed by atoms with Crippen LogP contribution in [-0.2, 0) is 0 Å². The van der Waals surface area contributed by atoms with E-state index >= 15 is 0 Å². The Labute approximate surface area is 77.7 Å². The lowest BCUT2D eigenvalue weighted by Crippen LogP contribution is -2.18. The van der Waals surface area contributed by atoms with E-state index in [9.17, 15) is 0 Å². The van der Waals surface area contributed by atoms with E-state index in [1.54, 1.807) is 0 Å².